The highest BCUT2D eigenvalue weighted by Crippen LogP contribution is 2.27. The van der Waals surface area contributed by atoms with Crippen LogP contribution in [0.1, 0.15) is 11.1 Å². The highest BCUT2D eigenvalue weighted by Gasteiger charge is 2.01. The monoisotopic (exact) mass is 258 g/mol. The summed E-state index contributed by atoms with van der Waals surface area (Å²) in [5, 5.41) is 28.2. The number of hydrogen-bond acceptors (Lipinski definition) is 4. The topological polar surface area (TPSA) is 69.9 Å². The summed E-state index contributed by atoms with van der Waals surface area (Å²) in [6.45, 7) is 0. The molecule has 0 aliphatic rings. The van der Waals surface area contributed by atoms with E-state index in [1.807, 2.05) is 0 Å². The van der Waals surface area contributed by atoms with Gasteiger partial charge in [0, 0.05) is 6.07 Å². The van der Waals surface area contributed by atoms with Crippen LogP contribution in [-0.2, 0) is 0 Å². The largest absolute Gasteiger partial charge is 0.508 e. The number of aromatic hydroxyl groups is 3. The van der Waals surface area contributed by atoms with Gasteiger partial charge in [-0.3, -0.25) is 0 Å². The van der Waals surface area contributed by atoms with E-state index in [0.717, 1.165) is 5.56 Å². The van der Waals surface area contributed by atoms with Crippen molar-refractivity contribution < 1.29 is 20.1 Å². The zero-order chi connectivity index (χ0) is 13.8. The SMILES string of the molecule is COc1cc(/C=C\c2cc(O)cc(O)c2)ccc1O. The molecule has 0 fully saturated rings. The summed E-state index contributed by atoms with van der Waals surface area (Å²) in [7, 11) is 1.48. The predicted molar refractivity (Wildman–Crippen MR) is 73.4 cm³/mol. The lowest BCUT2D eigenvalue weighted by Gasteiger charge is -2.03. The second-order valence-corrected chi connectivity index (χ2v) is 4.05. The van der Waals surface area contributed by atoms with Crippen LogP contribution in [0.4, 0.5) is 0 Å². The molecule has 0 aromatic heterocycles. The molecule has 2 aromatic carbocycles. The molecule has 0 saturated heterocycles. The van der Waals surface area contributed by atoms with Crippen LogP contribution in [0.15, 0.2) is 36.4 Å². The normalized spacial score (nSPS) is 10.8. The second kappa shape index (κ2) is 5.35. The van der Waals surface area contributed by atoms with E-state index in [2.05, 4.69) is 0 Å². The van der Waals surface area contributed by atoms with Crippen molar-refractivity contribution in [3.63, 3.8) is 0 Å². The molecule has 4 nitrogen and oxygen atoms in total. The van der Waals surface area contributed by atoms with Crippen molar-refractivity contribution in [2.45, 2.75) is 0 Å². The number of benzene rings is 2. The maximum Gasteiger partial charge on any atom is 0.161 e. The number of methoxy groups -OCH3 is 1. The summed E-state index contributed by atoms with van der Waals surface area (Å²) in [5.74, 6) is 0.474. The van der Waals surface area contributed by atoms with Gasteiger partial charge in [0.05, 0.1) is 7.11 Å². The van der Waals surface area contributed by atoms with E-state index in [-0.39, 0.29) is 17.2 Å². The van der Waals surface area contributed by atoms with Crippen LogP contribution >= 0.6 is 0 Å². The van der Waals surface area contributed by atoms with E-state index in [1.165, 1.54) is 25.3 Å². The zero-order valence-corrected chi connectivity index (χ0v) is 10.4. The molecule has 19 heavy (non-hydrogen) atoms. The second-order valence-electron chi connectivity index (χ2n) is 4.05. The van der Waals surface area contributed by atoms with Crippen LogP contribution in [0.25, 0.3) is 12.2 Å². The fraction of sp³-hybridized carbons (Fsp3) is 0.0667. The lowest BCUT2D eigenvalue weighted by Crippen LogP contribution is -1.84. The average Bonchev–Trinajstić information content (AvgIpc) is 2.36. The number of ether oxygens (including phenoxy) is 1. The maximum absolute atomic E-state index is 9.48. The Morgan fingerprint density at radius 3 is 2.11 bits per heavy atom. The molecule has 0 spiro atoms. The van der Waals surface area contributed by atoms with Gasteiger partial charge >= 0.3 is 0 Å². The smallest absolute Gasteiger partial charge is 0.161 e. The Balaban J connectivity index is 2.27. The first kappa shape index (κ1) is 12.8. The molecule has 3 N–H and O–H groups in total. The van der Waals surface area contributed by atoms with Gasteiger partial charge in [-0.2, -0.15) is 0 Å². The Morgan fingerprint density at radius 2 is 1.47 bits per heavy atom. The molecule has 2 rings (SSSR count). The van der Waals surface area contributed by atoms with E-state index in [4.69, 9.17) is 4.74 Å². The van der Waals surface area contributed by atoms with Gasteiger partial charge < -0.3 is 20.1 Å². The molecule has 4 heteroatoms. The summed E-state index contributed by atoms with van der Waals surface area (Å²) in [4.78, 5) is 0. The Labute approximate surface area is 110 Å². The van der Waals surface area contributed by atoms with Crippen molar-refractivity contribution in [2.24, 2.45) is 0 Å². The third-order valence-corrected chi connectivity index (χ3v) is 2.60. The van der Waals surface area contributed by atoms with Gasteiger partial charge in [-0.25, -0.2) is 0 Å². The molecule has 0 aliphatic carbocycles. The van der Waals surface area contributed by atoms with Gasteiger partial charge in [0.2, 0.25) is 0 Å². The van der Waals surface area contributed by atoms with Crippen molar-refractivity contribution >= 4 is 12.2 Å². The molecule has 0 aliphatic heterocycles. The van der Waals surface area contributed by atoms with Crippen LogP contribution in [-0.4, -0.2) is 22.4 Å². The highest BCUT2D eigenvalue weighted by atomic mass is 16.5. The molecule has 0 bridgehead atoms. The Morgan fingerprint density at radius 1 is 0.842 bits per heavy atom. The van der Waals surface area contributed by atoms with Crippen molar-refractivity contribution in [2.75, 3.05) is 7.11 Å². The van der Waals surface area contributed by atoms with Crippen LogP contribution in [0.5, 0.6) is 23.0 Å². The highest BCUT2D eigenvalue weighted by molar-refractivity contribution is 5.72. The first-order valence-electron chi connectivity index (χ1n) is 5.66. The fourth-order valence-corrected chi connectivity index (χ4v) is 1.70. The molecular weight excluding hydrogens is 244 g/mol. The van der Waals surface area contributed by atoms with Gasteiger partial charge in [-0.15, -0.1) is 0 Å². The van der Waals surface area contributed by atoms with E-state index < -0.39 is 0 Å². The average molecular weight is 258 g/mol. The standard InChI is InChI=1S/C15H14O4/c1-19-15-8-10(4-5-14(15)18)2-3-11-6-12(16)9-13(17)7-11/h2-9,16-18H,1H3/b3-2-. The number of phenolic OH excluding ortho intramolecular Hbond substituents is 3. The molecule has 0 unspecified atom stereocenters. The van der Waals surface area contributed by atoms with Gasteiger partial charge in [-0.1, -0.05) is 18.2 Å². The molecule has 2 aromatic rings. The molecule has 98 valence electrons. The van der Waals surface area contributed by atoms with Crippen LogP contribution in [0.2, 0.25) is 0 Å². The Kier molecular flexibility index (Phi) is 3.61. The third kappa shape index (κ3) is 3.19. The van der Waals surface area contributed by atoms with Crippen molar-refractivity contribution in [3.05, 3.63) is 47.5 Å². The van der Waals surface area contributed by atoms with Crippen molar-refractivity contribution in [1.82, 2.24) is 0 Å². The van der Waals surface area contributed by atoms with Crippen LogP contribution in [0, 0.1) is 0 Å². The predicted octanol–water partition coefficient (Wildman–Crippen LogP) is 2.98. The van der Waals surface area contributed by atoms with E-state index in [9.17, 15) is 15.3 Å². The molecule has 0 radical (unpaired) electrons. The van der Waals surface area contributed by atoms with Crippen LogP contribution < -0.4 is 4.74 Å². The van der Waals surface area contributed by atoms with Crippen LogP contribution in [0.3, 0.4) is 0 Å². The zero-order valence-electron chi connectivity index (χ0n) is 10.4. The fourth-order valence-electron chi connectivity index (χ4n) is 1.70. The quantitative estimate of drug-likeness (QED) is 0.740. The third-order valence-electron chi connectivity index (χ3n) is 2.60. The summed E-state index contributed by atoms with van der Waals surface area (Å²) in [6.07, 6.45) is 3.53. The van der Waals surface area contributed by atoms with Gasteiger partial charge in [0.1, 0.15) is 11.5 Å². The molecule has 0 saturated carbocycles. The lowest BCUT2D eigenvalue weighted by molar-refractivity contribution is 0.373. The van der Waals surface area contributed by atoms with Crippen molar-refractivity contribution in [3.8, 4) is 23.0 Å². The number of hydrogen-bond donors (Lipinski definition) is 3. The lowest BCUT2D eigenvalue weighted by atomic mass is 10.1. The minimum atomic E-state index is 0.00272. The van der Waals surface area contributed by atoms with Gasteiger partial charge in [0.25, 0.3) is 0 Å². The summed E-state index contributed by atoms with van der Waals surface area (Å²) in [6, 6.07) is 9.30. The first-order valence-corrected chi connectivity index (χ1v) is 5.66. The number of phenols is 3. The molecule has 0 atom stereocenters. The Hall–Kier alpha value is -2.62. The molecular formula is C15H14O4. The minimum Gasteiger partial charge on any atom is -0.508 e. The van der Waals surface area contributed by atoms with E-state index in [0.29, 0.717) is 11.3 Å². The van der Waals surface area contributed by atoms with E-state index >= 15 is 0 Å². The Bertz CT molecular complexity index is 597. The van der Waals surface area contributed by atoms with Gasteiger partial charge in [-0.05, 0) is 35.4 Å². The summed E-state index contributed by atoms with van der Waals surface area (Å²) in [5.41, 5.74) is 1.50. The summed E-state index contributed by atoms with van der Waals surface area (Å²) < 4.78 is 5.01. The first-order chi connectivity index (χ1) is 9.08. The number of rotatable bonds is 3. The van der Waals surface area contributed by atoms with Crippen molar-refractivity contribution in [1.29, 1.82) is 0 Å². The molecule has 0 amide bonds. The minimum absolute atomic E-state index is 0.00272. The van der Waals surface area contributed by atoms with Gasteiger partial charge in [0.15, 0.2) is 11.5 Å². The molecule has 0 heterocycles. The van der Waals surface area contributed by atoms with E-state index in [1.54, 1.807) is 30.4 Å². The maximum atomic E-state index is 9.48. The summed E-state index contributed by atoms with van der Waals surface area (Å²) >= 11 is 0.